The lowest BCUT2D eigenvalue weighted by atomic mass is 10.0. The van der Waals surface area contributed by atoms with Crippen molar-refractivity contribution in [1.29, 1.82) is 0 Å². The van der Waals surface area contributed by atoms with Crippen LogP contribution in [0, 0.1) is 0 Å². The minimum absolute atomic E-state index is 0.354. The molecule has 6 rings (SSSR count). The van der Waals surface area contributed by atoms with E-state index in [4.69, 9.17) is 0 Å². The first-order valence-corrected chi connectivity index (χ1v) is 17.1. The number of rotatable bonds is 12. The summed E-state index contributed by atoms with van der Waals surface area (Å²) in [6.07, 6.45) is 6.42. The van der Waals surface area contributed by atoms with E-state index in [0.717, 1.165) is 38.3 Å². The molecule has 4 amide bonds. The number of nitrogens with one attached hydrogen (secondary N) is 2. The molecule has 0 bridgehead atoms. The van der Waals surface area contributed by atoms with E-state index in [2.05, 4.69) is 25.6 Å². The molecule has 0 aliphatic heterocycles. The van der Waals surface area contributed by atoms with Crippen molar-refractivity contribution in [3.8, 4) is 0 Å². The fraction of sp³-hybridized carbons (Fsp3) is 0.0682. The average Bonchev–Trinajstić information content (AvgIpc) is 3.20. The number of carbonyl (C=O) groups excluding carboxylic acids is 5. The molecular formula is C44H32N6O5. The van der Waals surface area contributed by atoms with Gasteiger partial charge in [0.25, 0.3) is 0 Å². The highest BCUT2D eigenvalue weighted by Crippen LogP contribution is 2.24. The maximum atomic E-state index is 13.8. The molecule has 0 saturated carbocycles. The molecule has 0 atom stereocenters. The van der Waals surface area contributed by atoms with Crippen molar-refractivity contribution in [1.82, 2.24) is 0 Å². The third kappa shape index (κ3) is 10.4. The number of hydrogen-bond acceptors (Lipinski definition) is 8. The van der Waals surface area contributed by atoms with Crippen LogP contribution in [0.1, 0.15) is 33.4 Å². The van der Waals surface area contributed by atoms with Crippen LogP contribution in [0.5, 0.6) is 0 Å². The Balaban J connectivity index is 1.17. The molecule has 0 heterocycles. The lowest BCUT2D eigenvalue weighted by Gasteiger charge is -2.22. The summed E-state index contributed by atoms with van der Waals surface area (Å²) in [7, 11) is 0. The van der Waals surface area contributed by atoms with E-state index in [1.165, 1.54) is 18.2 Å². The van der Waals surface area contributed by atoms with Gasteiger partial charge in [0.05, 0.1) is 22.7 Å². The molecule has 0 aliphatic rings. The van der Waals surface area contributed by atoms with Crippen molar-refractivity contribution in [2.75, 3.05) is 15.5 Å². The average molecular weight is 725 g/mol. The molecule has 0 unspecified atom stereocenters. The molecule has 268 valence electrons. The van der Waals surface area contributed by atoms with Gasteiger partial charge in [0.2, 0.25) is 18.2 Å². The van der Waals surface area contributed by atoms with Crippen LogP contribution in [0.25, 0.3) is 0 Å². The Kier molecular flexibility index (Phi) is 12.2. The Hall–Kier alpha value is -7.80. The third-order valence-corrected chi connectivity index (χ3v) is 8.57. The molecule has 0 fully saturated rings. The predicted octanol–water partition coefficient (Wildman–Crippen LogP) is 9.63. The largest absolute Gasteiger partial charge is 0.334 e. The van der Waals surface area contributed by atoms with E-state index in [0.29, 0.717) is 53.4 Å². The summed E-state index contributed by atoms with van der Waals surface area (Å²) in [6, 6.07) is 42.1. The summed E-state index contributed by atoms with van der Waals surface area (Å²) >= 11 is 0. The lowest BCUT2D eigenvalue weighted by molar-refractivity contribution is 0.246. The molecule has 0 aromatic heterocycles. The summed E-state index contributed by atoms with van der Waals surface area (Å²) < 4.78 is 0. The van der Waals surface area contributed by atoms with Crippen LogP contribution in [0.15, 0.2) is 161 Å². The zero-order valence-electron chi connectivity index (χ0n) is 29.3. The van der Waals surface area contributed by atoms with Crippen LogP contribution in [0.4, 0.5) is 43.7 Å². The topological polar surface area (TPSA) is 150 Å². The van der Waals surface area contributed by atoms with Crippen LogP contribution in [0.2, 0.25) is 0 Å². The second-order valence-electron chi connectivity index (χ2n) is 12.4. The fourth-order valence-corrected chi connectivity index (χ4v) is 5.79. The van der Waals surface area contributed by atoms with E-state index in [-0.39, 0.29) is 0 Å². The molecule has 0 aliphatic carbocycles. The smallest absolute Gasteiger partial charge is 0.307 e. The van der Waals surface area contributed by atoms with Gasteiger partial charge in [-0.15, -0.1) is 0 Å². The van der Waals surface area contributed by atoms with Gasteiger partial charge in [0.1, 0.15) is 0 Å². The first-order valence-electron chi connectivity index (χ1n) is 17.1. The summed E-state index contributed by atoms with van der Waals surface area (Å²) in [5.41, 5.74) is 8.88. The molecule has 11 nitrogen and oxygen atoms in total. The van der Waals surface area contributed by atoms with Crippen LogP contribution in [0.3, 0.4) is 0 Å². The van der Waals surface area contributed by atoms with Gasteiger partial charge >= 0.3 is 12.1 Å². The SMILES string of the molecule is O=C=Nc1ccc(Cc2ccc(NC(=O)N(C(=O)Nc3ccc(Cc4ccc(N=C=O)cc4)cc3)c3ccc(Cc4ccc(N=C=O)cc4)cc3)cc2)cc1. The molecule has 2 N–H and O–H groups in total. The normalized spacial score (nSPS) is 10.2. The molecule has 11 heteroatoms. The lowest BCUT2D eigenvalue weighted by Crippen LogP contribution is -2.42. The Morgan fingerprint density at radius 3 is 0.927 bits per heavy atom. The van der Waals surface area contributed by atoms with Crippen LogP contribution < -0.4 is 15.5 Å². The Bertz CT molecular complexity index is 2290. The third-order valence-electron chi connectivity index (χ3n) is 8.57. The number of nitrogens with zero attached hydrogens (tertiary/aromatic N) is 4. The highest BCUT2D eigenvalue weighted by atomic mass is 16.2. The maximum absolute atomic E-state index is 13.8. The first kappa shape index (κ1) is 37.0. The number of urea groups is 2. The van der Waals surface area contributed by atoms with Crippen LogP contribution in [-0.2, 0) is 33.6 Å². The zero-order chi connectivity index (χ0) is 38.4. The first-order chi connectivity index (χ1) is 26.9. The van der Waals surface area contributed by atoms with Crippen LogP contribution in [-0.4, -0.2) is 30.3 Å². The Morgan fingerprint density at radius 1 is 0.400 bits per heavy atom. The summed E-state index contributed by atoms with van der Waals surface area (Å²) in [5.74, 6) is 0. The van der Waals surface area contributed by atoms with Gasteiger partial charge in [-0.1, -0.05) is 72.8 Å². The molecule has 6 aromatic rings. The summed E-state index contributed by atoms with van der Waals surface area (Å²) in [6.45, 7) is 0. The molecule has 55 heavy (non-hydrogen) atoms. The highest BCUT2D eigenvalue weighted by molar-refractivity contribution is 6.21. The van der Waals surface area contributed by atoms with Crippen molar-refractivity contribution in [3.63, 3.8) is 0 Å². The van der Waals surface area contributed by atoms with E-state index in [9.17, 15) is 24.0 Å². The van der Waals surface area contributed by atoms with Gasteiger partial charge in [-0.25, -0.2) is 28.9 Å². The molecular weight excluding hydrogens is 693 g/mol. The van der Waals surface area contributed by atoms with Gasteiger partial charge in [-0.3, -0.25) is 0 Å². The van der Waals surface area contributed by atoms with Crippen molar-refractivity contribution in [2.24, 2.45) is 15.0 Å². The van der Waals surface area contributed by atoms with Crippen molar-refractivity contribution >= 4 is 64.4 Å². The summed E-state index contributed by atoms with van der Waals surface area (Å²) in [4.78, 5) is 71.2. The van der Waals surface area contributed by atoms with Gasteiger partial charge in [-0.05, 0) is 125 Å². The fourth-order valence-electron chi connectivity index (χ4n) is 5.79. The number of aliphatic imine (C=N–C) groups is 3. The van der Waals surface area contributed by atoms with Crippen molar-refractivity contribution < 1.29 is 24.0 Å². The Morgan fingerprint density at radius 2 is 0.655 bits per heavy atom. The van der Waals surface area contributed by atoms with E-state index in [1.807, 2.05) is 72.8 Å². The second-order valence-corrected chi connectivity index (χ2v) is 12.4. The predicted molar refractivity (Wildman–Crippen MR) is 211 cm³/mol. The van der Waals surface area contributed by atoms with Gasteiger partial charge in [-0.2, -0.15) is 15.0 Å². The minimum atomic E-state index is -0.658. The van der Waals surface area contributed by atoms with Gasteiger partial charge in [0.15, 0.2) is 0 Å². The monoisotopic (exact) mass is 724 g/mol. The number of hydrogen-bond donors (Lipinski definition) is 2. The quantitative estimate of drug-likeness (QED) is 0.0952. The minimum Gasteiger partial charge on any atom is -0.307 e. The van der Waals surface area contributed by atoms with Crippen LogP contribution >= 0.6 is 0 Å². The van der Waals surface area contributed by atoms with E-state index < -0.39 is 12.1 Å². The van der Waals surface area contributed by atoms with Gasteiger partial charge < -0.3 is 10.6 Å². The number of imide groups is 1. The molecule has 0 saturated heterocycles. The molecule has 0 spiro atoms. The van der Waals surface area contributed by atoms with Crippen molar-refractivity contribution in [3.05, 3.63) is 179 Å². The maximum Gasteiger partial charge on any atom is 0.334 e. The van der Waals surface area contributed by atoms with E-state index in [1.54, 1.807) is 72.8 Å². The number of anilines is 3. The number of amides is 4. The standard InChI is InChI=1S/C44H32N6O5/c51-28-45-37-13-1-31(2-14-37)25-34-7-19-40(20-8-34)48-43(54)50(42-23-11-36(12-24-42)27-33-5-17-39(18-6-33)47-30-53)44(55)49-41-21-9-35(10-22-41)26-32-3-15-38(16-4-32)46-29-52/h1-24H,25-27H2,(H,48,54)(H,49,55). The second kappa shape index (κ2) is 18.1. The number of isocyanates is 3. The van der Waals surface area contributed by atoms with Gasteiger partial charge in [0, 0.05) is 11.4 Å². The Labute approximate surface area is 316 Å². The highest BCUT2D eigenvalue weighted by Gasteiger charge is 2.24. The van der Waals surface area contributed by atoms with Crippen molar-refractivity contribution in [2.45, 2.75) is 19.3 Å². The van der Waals surface area contributed by atoms with E-state index >= 15 is 0 Å². The molecule has 0 radical (unpaired) electrons. The number of benzene rings is 6. The zero-order valence-corrected chi connectivity index (χ0v) is 29.3. The number of carbonyl (C=O) groups is 2. The molecule has 6 aromatic carbocycles. The summed E-state index contributed by atoms with van der Waals surface area (Å²) in [5, 5.41) is 5.70.